The first kappa shape index (κ1) is 25.6. The van der Waals surface area contributed by atoms with Crippen LogP contribution in [0.3, 0.4) is 0 Å². The molecule has 5 rings (SSSR count). The summed E-state index contributed by atoms with van der Waals surface area (Å²) in [5, 5.41) is 2.92. The van der Waals surface area contributed by atoms with Crippen molar-refractivity contribution in [2.75, 3.05) is 19.7 Å². The Bertz CT molecular complexity index is 1330. The lowest BCUT2D eigenvalue weighted by molar-refractivity contribution is -0.128. The molecule has 1 unspecified atom stereocenters. The average molecular weight is 513 g/mol. The van der Waals surface area contributed by atoms with Crippen LogP contribution < -0.4 is 5.32 Å². The van der Waals surface area contributed by atoms with Gasteiger partial charge in [0.2, 0.25) is 5.91 Å². The van der Waals surface area contributed by atoms with E-state index in [1.807, 2.05) is 74.5 Å². The molecule has 1 atom stereocenters. The van der Waals surface area contributed by atoms with Crippen LogP contribution in [0.2, 0.25) is 0 Å². The van der Waals surface area contributed by atoms with Crippen LogP contribution >= 0.6 is 0 Å². The molecule has 2 saturated heterocycles. The van der Waals surface area contributed by atoms with E-state index in [1.54, 1.807) is 22.1 Å². The highest BCUT2D eigenvalue weighted by Gasteiger charge is 2.54. The summed E-state index contributed by atoms with van der Waals surface area (Å²) in [6.45, 7) is 5.09. The minimum absolute atomic E-state index is 0.0391. The fraction of sp³-hybridized carbons (Fsp3) is 0.333. The minimum atomic E-state index is -0.961. The van der Waals surface area contributed by atoms with Crippen LogP contribution in [0.25, 0.3) is 0 Å². The number of nitrogens with one attached hydrogen (secondary N) is 1. The van der Waals surface area contributed by atoms with Crippen LogP contribution in [0.5, 0.6) is 0 Å². The third kappa shape index (κ3) is 5.17. The van der Waals surface area contributed by atoms with Crippen LogP contribution in [0.4, 0.5) is 0 Å². The van der Waals surface area contributed by atoms with Gasteiger partial charge in [-0.1, -0.05) is 41.5 Å². The van der Waals surface area contributed by atoms with E-state index >= 15 is 0 Å². The van der Waals surface area contributed by atoms with Crippen LogP contribution in [-0.4, -0.2) is 64.0 Å². The van der Waals surface area contributed by atoms with Gasteiger partial charge >= 0.3 is 0 Å². The number of carbonyl (C=O) groups excluding carboxylic acids is 3. The lowest BCUT2D eigenvalue weighted by Crippen LogP contribution is -2.59. The number of pyridine rings is 1. The molecule has 8 nitrogen and oxygen atoms in total. The number of ether oxygens (including phenoxy) is 1. The number of aromatic nitrogens is 1. The number of nitrogens with zero attached hydrogens (tertiary/aromatic N) is 3. The Morgan fingerprint density at radius 2 is 1.58 bits per heavy atom. The standard InChI is InChI=1S/C30H32N4O4/c1-21-7-5-9-23(17-21)28(36)33-15-12-30(13-16-33)34(29(37)24-10-6-8-22(2)18-24)26(20-38-30)27(35)32-19-25-11-3-4-14-31-25/h3-11,14,17-18,26H,12-13,15-16,19-20H2,1-2H3,(H,32,35). The Morgan fingerprint density at radius 1 is 0.921 bits per heavy atom. The van der Waals surface area contributed by atoms with E-state index in [2.05, 4.69) is 10.3 Å². The van der Waals surface area contributed by atoms with Gasteiger partial charge in [-0.3, -0.25) is 24.3 Å². The van der Waals surface area contributed by atoms with Crippen molar-refractivity contribution in [2.24, 2.45) is 0 Å². The van der Waals surface area contributed by atoms with Crippen molar-refractivity contribution in [3.05, 3.63) is 101 Å². The normalized spacial score (nSPS) is 18.4. The van der Waals surface area contributed by atoms with Crippen molar-refractivity contribution in [2.45, 2.75) is 45.0 Å². The van der Waals surface area contributed by atoms with E-state index in [0.717, 1.165) is 16.8 Å². The zero-order chi connectivity index (χ0) is 26.7. The third-order valence-corrected chi connectivity index (χ3v) is 7.31. The molecular formula is C30H32N4O4. The lowest BCUT2D eigenvalue weighted by Gasteiger charge is -2.44. The van der Waals surface area contributed by atoms with Crippen molar-refractivity contribution in [3.63, 3.8) is 0 Å². The number of amides is 3. The molecule has 2 fully saturated rings. The predicted octanol–water partition coefficient (Wildman–Crippen LogP) is 3.49. The van der Waals surface area contributed by atoms with Crippen LogP contribution in [0, 0.1) is 13.8 Å². The topological polar surface area (TPSA) is 91.8 Å². The number of likely N-dealkylation sites (tertiary alicyclic amines) is 1. The molecule has 0 bridgehead atoms. The molecule has 3 amide bonds. The molecule has 38 heavy (non-hydrogen) atoms. The maximum absolute atomic E-state index is 13.9. The molecule has 3 aromatic rings. The SMILES string of the molecule is Cc1cccc(C(=O)N2CCC3(CC2)OCC(C(=O)NCc2ccccn2)N3C(=O)c2cccc(C)c2)c1. The Balaban J connectivity index is 1.37. The molecule has 8 heteroatoms. The average Bonchev–Trinajstić information content (AvgIpc) is 3.30. The zero-order valence-corrected chi connectivity index (χ0v) is 21.7. The molecule has 2 aliphatic heterocycles. The molecule has 1 N–H and O–H groups in total. The summed E-state index contributed by atoms with van der Waals surface area (Å²) in [7, 11) is 0. The Morgan fingerprint density at radius 3 is 2.18 bits per heavy atom. The molecule has 3 heterocycles. The number of hydrogen-bond acceptors (Lipinski definition) is 5. The van der Waals surface area contributed by atoms with Gasteiger partial charge < -0.3 is 15.0 Å². The fourth-order valence-corrected chi connectivity index (χ4v) is 5.30. The van der Waals surface area contributed by atoms with Gasteiger partial charge in [-0.05, 0) is 50.2 Å². The van der Waals surface area contributed by atoms with Crippen LogP contribution in [-0.2, 0) is 16.1 Å². The Kier molecular flexibility index (Phi) is 7.24. The van der Waals surface area contributed by atoms with Gasteiger partial charge in [0.05, 0.1) is 18.8 Å². The first-order chi connectivity index (χ1) is 18.4. The Labute approximate surface area is 222 Å². The second kappa shape index (κ2) is 10.8. The molecule has 1 aromatic heterocycles. The number of rotatable bonds is 5. The summed E-state index contributed by atoms with van der Waals surface area (Å²) < 4.78 is 6.30. The number of carbonyl (C=O) groups is 3. The number of piperidine rings is 1. The summed E-state index contributed by atoms with van der Waals surface area (Å²) in [6, 6.07) is 19.6. The summed E-state index contributed by atoms with van der Waals surface area (Å²) in [5.41, 5.74) is 2.91. The quantitative estimate of drug-likeness (QED) is 0.565. The second-order valence-electron chi connectivity index (χ2n) is 10.0. The smallest absolute Gasteiger partial charge is 0.256 e. The number of benzene rings is 2. The van der Waals surface area contributed by atoms with Crippen LogP contribution in [0.1, 0.15) is 50.4 Å². The summed E-state index contributed by atoms with van der Waals surface area (Å²) in [5.74, 6) is -0.572. The van der Waals surface area contributed by atoms with E-state index in [-0.39, 0.29) is 30.9 Å². The summed E-state index contributed by atoms with van der Waals surface area (Å²) in [4.78, 5) is 48.1. The molecule has 0 radical (unpaired) electrons. The third-order valence-electron chi connectivity index (χ3n) is 7.31. The van der Waals surface area contributed by atoms with E-state index in [9.17, 15) is 14.4 Å². The van der Waals surface area contributed by atoms with Crippen molar-refractivity contribution in [1.29, 1.82) is 0 Å². The van der Waals surface area contributed by atoms with Crippen molar-refractivity contribution in [3.8, 4) is 0 Å². The van der Waals surface area contributed by atoms with Crippen molar-refractivity contribution < 1.29 is 19.1 Å². The van der Waals surface area contributed by atoms with E-state index < -0.39 is 11.8 Å². The first-order valence-electron chi connectivity index (χ1n) is 12.9. The van der Waals surface area contributed by atoms with Crippen molar-refractivity contribution in [1.82, 2.24) is 20.1 Å². The maximum atomic E-state index is 13.9. The molecular weight excluding hydrogens is 480 g/mol. The van der Waals surface area contributed by atoms with Gasteiger partial charge in [0.1, 0.15) is 11.8 Å². The van der Waals surface area contributed by atoms with Crippen molar-refractivity contribution >= 4 is 17.7 Å². The molecule has 2 aromatic carbocycles. The van der Waals surface area contributed by atoms with Gasteiger partial charge in [0.25, 0.3) is 11.8 Å². The van der Waals surface area contributed by atoms with E-state index in [0.29, 0.717) is 37.1 Å². The van der Waals surface area contributed by atoms with E-state index in [4.69, 9.17) is 4.74 Å². The summed E-state index contributed by atoms with van der Waals surface area (Å²) >= 11 is 0. The fourth-order valence-electron chi connectivity index (χ4n) is 5.30. The minimum Gasteiger partial charge on any atom is -0.353 e. The highest BCUT2D eigenvalue weighted by molar-refractivity contribution is 5.99. The molecule has 196 valence electrons. The van der Waals surface area contributed by atoms with Gasteiger partial charge in [-0.2, -0.15) is 0 Å². The number of hydrogen-bond donors (Lipinski definition) is 1. The monoisotopic (exact) mass is 512 g/mol. The summed E-state index contributed by atoms with van der Waals surface area (Å²) in [6.07, 6.45) is 2.52. The lowest BCUT2D eigenvalue weighted by atomic mass is 9.95. The van der Waals surface area contributed by atoms with Gasteiger partial charge in [0.15, 0.2) is 0 Å². The predicted molar refractivity (Wildman–Crippen MR) is 142 cm³/mol. The maximum Gasteiger partial charge on any atom is 0.256 e. The highest BCUT2D eigenvalue weighted by Crippen LogP contribution is 2.39. The second-order valence-corrected chi connectivity index (χ2v) is 10.0. The molecule has 2 aliphatic rings. The molecule has 0 saturated carbocycles. The number of aryl methyl sites for hydroxylation is 2. The van der Waals surface area contributed by atoms with Gasteiger partial charge in [-0.15, -0.1) is 0 Å². The van der Waals surface area contributed by atoms with Gasteiger partial charge in [0, 0.05) is 43.3 Å². The molecule has 0 aliphatic carbocycles. The molecule has 1 spiro atoms. The van der Waals surface area contributed by atoms with Crippen LogP contribution in [0.15, 0.2) is 72.9 Å². The first-order valence-corrected chi connectivity index (χ1v) is 12.9. The van der Waals surface area contributed by atoms with E-state index in [1.165, 1.54) is 0 Å². The largest absolute Gasteiger partial charge is 0.353 e. The Hall–Kier alpha value is -4.04. The zero-order valence-electron chi connectivity index (χ0n) is 21.7. The highest BCUT2D eigenvalue weighted by atomic mass is 16.5. The van der Waals surface area contributed by atoms with Gasteiger partial charge in [-0.25, -0.2) is 0 Å².